The van der Waals surface area contributed by atoms with Gasteiger partial charge in [-0.3, -0.25) is 0 Å². The van der Waals surface area contributed by atoms with Gasteiger partial charge in [-0.25, -0.2) is 4.79 Å². The normalized spacial score (nSPS) is 12.4. The van der Waals surface area contributed by atoms with E-state index in [0.717, 1.165) is 11.5 Å². The number of nitrogens with zero attached hydrogens (tertiary/aromatic N) is 3. The highest BCUT2D eigenvalue weighted by molar-refractivity contribution is 7.09. The average molecular weight is 258 g/mol. The third kappa shape index (κ3) is 3.99. The van der Waals surface area contributed by atoms with E-state index in [9.17, 15) is 4.79 Å². The molecule has 0 aromatic carbocycles. The van der Waals surface area contributed by atoms with Gasteiger partial charge in [0.05, 0.1) is 7.11 Å². The minimum Gasteiger partial charge on any atom is -0.464 e. The van der Waals surface area contributed by atoms with Crippen LogP contribution in [0.5, 0.6) is 0 Å². The number of nitrogens with two attached hydrogens (primary N) is 1. The summed E-state index contributed by atoms with van der Waals surface area (Å²) in [6.07, 6.45) is 0. The fraction of sp³-hybridized carbons (Fsp3) is 0.556. The van der Waals surface area contributed by atoms with E-state index in [4.69, 9.17) is 10.6 Å². The van der Waals surface area contributed by atoms with Crippen LogP contribution in [-0.4, -0.2) is 33.7 Å². The molecule has 0 radical (unpaired) electrons. The lowest BCUT2D eigenvalue weighted by atomic mass is 10.2. The van der Waals surface area contributed by atoms with Crippen LogP contribution >= 0.6 is 11.5 Å². The van der Waals surface area contributed by atoms with E-state index < -0.39 is 11.6 Å². The molecule has 0 aliphatic carbocycles. The third-order valence-electron chi connectivity index (χ3n) is 1.44. The highest BCUT2D eigenvalue weighted by Crippen LogP contribution is 2.11. The number of aromatic nitrogens is 2. The molecule has 0 fully saturated rings. The van der Waals surface area contributed by atoms with Crippen molar-refractivity contribution in [2.75, 3.05) is 12.8 Å². The van der Waals surface area contributed by atoms with Gasteiger partial charge in [0.2, 0.25) is 11.5 Å². The molecule has 1 aromatic rings. The maximum absolute atomic E-state index is 11.5. The van der Waals surface area contributed by atoms with E-state index in [0.29, 0.717) is 0 Å². The van der Waals surface area contributed by atoms with E-state index in [1.165, 1.54) is 7.11 Å². The smallest absolute Gasteiger partial charge is 0.364 e. The quantitative estimate of drug-likeness (QED) is 0.489. The molecule has 0 spiro atoms. The molecule has 0 bridgehead atoms. The highest BCUT2D eigenvalue weighted by atomic mass is 32.1. The molecule has 0 atom stereocenters. The summed E-state index contributed by atoms with van der Waals surface area (Å²) >= 11 is 0.966. The summed E-state index contributed by atoms with van der Waals surface area (Å²) in [5.74, 6) is -0.573. The number of carbonyl (C=O) groups is 1. The second-order valence-corrected chi connectivity index (χ2v) is 4.87. The number of esters is 1. The molecule has 0 saturated carbocycles. The van der Waals surface area contributed by atoms with Crippen molar-refractivity contribution in [3.05, 3.63) is 5.82 Å². The Morgan fingerprint density at radius 3 is 2.53 bits per heavy atom. The first-order chi connectivity index (χ1) is 7.83. The molecule has 17 heavy (non-hydrogen) atoms. The Kier molecular flexibility index (Phi) is 4.00. The number of ether oxygens (including phenoxy) is 1. The van der Waals surface area contributed by atoms with Crippen LogP contribution < -0.4 is 5.73 Å². The molecule has 8 heteroatoms. The lowest BCUT2D eigenvalue weighted by molar-refractivity contribution is -0.133. The summed E-state index contributed by atoms with van der Waals surface area (Å²) in [7, 11) is 1.24. The standard InChI is InChI=1S/C9H14N4O3S/c1-9(2,3)16-12-5(7(14)15-4)6-11-8(10)17-13-6/h1-4H3,(H2,10,11,13). The first kappa shape index (κ1) is 13.4. The molecule has 0 saturated heterocycles. The van der Waals surface area contributed by atoms with Gasteiger partial charge in [0.25, 0.3) is 0 Å². The summed E-state index contributed by atoms with van der Waals surface area (Å²) < 4.78 is 8.46. The van der Waals surface area contributed by atoms with Crippen LogP contribution in [0.2, 0.25) is 0 Å². The van der Waals surface area contributed by atoms with Gasteiger partial charge in [-0.05, 0) is 20.8 Å². The number of rotatable bonds is 3. The molecular formula is C9H14N4O3S. The van der Waals surface area contributed by atoms with E-state index in [2.05, 4.69) is 19.3 Å². The molecule has 7 nitrogen and oxygen atoms in total. The van der Waals surface area contributed by atoms with Gasteiger partial charge in [-0.2, -0.15) is 9.36 Å². The molecule has 1 rings (SSSR count). The predicted octanol–water partition coefficient (Wildman–Crippen LogP) is 0.812. The minimum absolute atomic E-state index is 0.101. The Morgan fingerprint density at radius 2 is 2.12 bits per heavy atom. The first-order valence-corrected chi connectivity index (χ1v) is 5.55. The summed E-state index contributed by atoms with van der Waals surface area (Å²) in [6, 6.07) is 0. The summed E-state index contributed by atoms with van der Waals surface area (Å²) in [4.78, 5) is 20.5. The van der Waals surface area contributed by atoms with Crippen molar-refractivity contribution >= 4 is 28.3 Å². The molecule has 94 valence electrons. The van der Waals surface area contributed by atoms with E-state index >= 15 is 0 Å². The van der Waals surface area contributed by atoms with Crippen molar-refractivity contribution < 1.29 is 14.4 Å². The van der Waals surface area contributed by atoms with E-state index in [1.54, 1.807) is 20.8 Å². The topological polar surface area (TPSA) is 99.7 Å². The van der Waals surface area contributed by atoms with Gasteiger partial charge < -0.3 is 15.3 Å². The minimum atomic E-state index is -0.674. The second-order valence-electron chi connectivity index (χ2n) is 4.09. The molecule has 0 aliphatic heterocycles. The lowest BCUT2D eigenvalue weighted by Crippen LogP contribution is -2.23. The zero-order valence-corrected chi connectivity index (χ0v) is 10.9. The number of nitrogen functional groups attached to an aromatic ring is 1. The highest BCUT2D eigenvalue weighted by Gasteiger charge is 2.22. The number of hydrogen-bond acceptors (Lipinski definition) is 8. The lowest BCUT2D eigenvalue weighted by Gasteiger charge is -2.15. The van der Waals surface area contributed by atoms with Crippen LogP contribution in [0.1, 0.15) is 26.6 Å². The number of oxime groups is 1. The number of carbonyl (C=O) groups excluding carboxylic acids is 1. The van der Waals surface area contributed by atoms with E-state index in [-0.39, 0.29) is 16.7 Å². The van der Waals surface area contributed by atoms with Gasteiger partial charge >= 0.3 is 5.97 Å². The average Bonchev–Trinajstić information content (AvgIpc) is 2.63. The largest absolute Gasteiger partial charge is 0.464 e. The van der Waals surface area contributed by atoms with Crippen LogP contribution in [0.4, 0.5) is 5.13 Å². The zero-order chi connectivity index (χ0) is 13.1. The molecular weight excluding hydrogens is 244 g/mol. The SMILES string of the molecule is COC(=O)C(=NOC(C)(C)C)c1nsc(N)n1. The summed E-state index contributed by atoms with van der Waals surface area (Å²) in [5, 5.41) is 3.96. The fourth-order valence-electron chi connectivity index (χ4n) is 0.780. The first-order valence-electron chi connectivity index (χ1n) is 4.77. The van der Waals surface area contributed by atoms with Gasteiger partial charge in [-0.15, -0.1) is 0 Å². The Balaban J connectivity index is 3.00. The van der Waals surface area contributed by atoms with Crippen LogP contribution in [0, 0.1) is 0 Å². The number of hydrogen-bond donors (Lipinski definition) is 1. The Hall–Kier alpha value is -1.70. The number of anilines is 1. The molecule has 0 amide bonds. The van der Waals surface area contributed by atoms with Crippen LogP contribution in [-0.2, 0) is 14.4 Å². The van der Waals surface area contributed by atoms with Gasteiger partial charge in [0.1, 0.15) is 5.60 Å². The van der Waals surface area contributed by atoms with Gasteiger partial charge in [0.15, 0.2) is 5.13 Å². The maximum Gasteiger partial charge on any atom is 0.364 e. The Morgan fingerprint density at radius 1 is 1.47 bits per heavy atom. The predicted molar refractivity (Wildman–Crippen MR) is 63.7 cm³/mol. The Labute approximate surface area is 103 Å². The van der Waals surface area contributed by atoms with Crippen LogP contribution in [0.25, 0.3) is 0 Å². The molecule has 2 N–H and O–H groups in total. The zero-order valence-electron chi connectivity index (χ0n) is 10.1. The summed E-state index contributed by atoms with van der Waals surface area (Å²) in [6.45, 7) is 5.40. The van der Waals surface area contributed by atoms with Crippen molar-refractivity contribution in [3.8, 4) is 0 Å². The number of methoxy groups -OCH3 is 1. The summed E-state index contributed by atoms with van der Waals surface area (Å²) in [5.41, 5.74) is 4.81. The molecule has 0 unspecified atom stereocenters. The van der Waals surface area contributed by atoms with Crippen LogP contribution in [0.3, 0.4) is 0 Å². The fourth-order valence-corrected chi connectivity index (χ4v) is 1.21. The van der Waals surface area contributed by atoms with E-state index in [1.807, 2.05) is 0 Å². The van der Waals surface area contributed by atoms with Crippen molar-refractivity contribution in [1.29, 1.82) is 0 Å². The van der Waals surface area contributed by atoms with Crippen LogP contribution in [0.15, 0.2) is 5.16 Å². The molecule has 1 heterocycles. The van der Waals surface area contributed by atoms with Gasteiger partial charge in [0, 0.05) is 11.5 Å². The maximum atomic E-state index is 11.5. The van der Waals surface area contributed by atoms with Crippen molar-refractivity contribution in [2.45, 2.75) is 26.4 Å². The Bertz CT molecular complexity index is 436. The van der Waals surface area contributed by atoms with Crippen molar-refractivity contribution in [2.24, 2.45) is 5.16 Å². The van der Waals surface area contributed by atoms with Crippen molar-refractivity contribution in [3.63, 3.8) is 0 Å². The monoisotopic (exact) mass is 258 g/mol. The van der Waals surface area contributed by atoms with Crippen molar-refractivity contribution in [1.82, 2.24) is 9.36 Å². The van der Waals surface area contributed by atoms with Gasteiger partial charge in [-0.1, -0.05) is 5.16 Å². The molecule has 1 aromatic heterocycles. The molecule has 0 aliphatic rings. The third-order valence-corrected chi connectivity index (χ3v) is 1.99. The second kappa shape index (κ2) is 5.09.